The van der Waals surface area contributed by atoms with E-state index in [0.29, 0.717) is 12.3 Å². The molecule has 0 aliphatic heterocycles. The van der Waals surface area contributed by atoms with Gasteiger partial charge >= 0.3 is 5.97 Å². The molecule has 2 aliphatic rings. The number of carboxylic acid groups (broad SMARTS) is 1. The largest absolute Gasteiger partial charge is 0.481 e. The van der Waals surface area contributed by atoms with Crippen LogP contribution in [0.1, 0.15) is 39.0 Å². The van der Waals surface area contributed by atoms with Gasteiger partial charge in [0.2, 0.25) is 5.91 Å². The molecule has 3 atom stereocenters. The van der Waals surface area contributed by atoms with Crippen LogP contribution in [0, 0.1) is 17.8 Å². The van der Waals surface area contributed by atoms with E-state index in [9.17, 15) is 9.59 Å². The molecular formula is C12H19NO3. The van der Waals surface area contributed by atoms with Crippen LogP contribution in [0.3, 0.4) is 0 Å². The lowest BCUT2D eigenvalue weighted by molar-refractivity contribution is -0.140. The maximum absolute atomic E-state index is 11.7. The Labute approximate surface area is 95.4 Å². The molecule has 2 fully saturated rings. The van der Waals surface area contributed by atoms with E-state index in [2.05, 4.69) is 5.32 Å². The van der Waals surface area contributed by atoms with Crippen LogP contribution in [-0.4, -0.2) is 23.0 Å². The Bertz CT molecular complexity index is 297. The Balaban J connectivity index is 1.77. The zero-order valence-corrected chi connectivity index (χ0v) is 9.61. The number of carbonyl (C=O) groups excluding carboxylic acids is 1. The summed E-state index contributed by atoms with van der Waals surface area (Å²) in [5.41, 5.74) is 0. The third-order valence-corrected chi connectivity index (χ3v) is 3.92. The molecule has 16 heavy (non-hydrogen) atoms. The molecule has 0 radical (unpaired) electrons. The molecular weight excluding hydrogens is 206 g/mol. The maximum atomic E-state index is 11.7. The first-order valence-electron chi connectivity index (χ1n) is 6.12. The Hall–Kier alpha value is -1.06. The van der Waals surface area contributed by atoms with Crippen molar-refractivity contribution in [2.75, 3.05) is 0 Å². The standard InChI is InChI=1S/C12H19NO3/c1-7(8-4-2-3-5-8)13-11(14)9-6-10(9)12(15)16/h7-10H,2-6H2,1H3,(H,13,14)(H,15,16)/t7-,9+,10-/m0/s1. The van der Waals surface area contributed by atoms with Crippen LogP contribution >= 0.6 is 0 Å². The van der Waals surface area contributed by atoms with Crippen molar-refractivity contribution < 1.29 is 14.7 Å². The lowest BCUT2D eigenvalue weighted by atomic mass is 9.99. The highest BCUT2D eigenvalue weighted by molar-refractivity contribution is 5.89. The van der Waals surface area contributed by atoms with Crippen LogP contribution in [0.15, 0.2) is 0 Å². The second kappa shape index (κ2) is 4.44. The van der Waals surface area contributed by atoms with Gasteiger partial charge in [-0.05, 0) is 32.1 Å². The number of aliphatic carboxylic acids is 1. The van der Waals surface area contributed by atoms with Crippen molar-refractivity contribution >= 4 is 11.9 Å². The van der Waals surface area contributed by atoms with E-state index in [4.69, 9.17) is 5.11 Å². The Morgan fingerprint density at radius 1 is 1.25 bits per heavy atom. The predicted octanol–water partition coefficient (Wildman–Crippen LogP) is 1.40. The second-order valence-electron chi connectivity index (χ2n) is 5.13. The van der Waals surface area contributed by atoms with E-state index in [-0.39, 0.29) is 17.9 Å². The first kappa shape index (κ1) is 11.4. The summed E-state index contributed by atoms with van der Waals surface area (Å²) < 4.78 is 0. The molecule has 2 aliphatic carbocycles. The molecule has 4 heteroatoms. The summed E-state index contributed by atoms with van der Waals surface area (Å²) in [6.07, 6.45) is 5.40. The average molecular weight is 225 g/mol. The molecule has 0 aromatic rings. The van der Waals surface area contributed by atoms with Crippen molar-refractivity contribution in [2.24, 2.45) is 17.8 Å². The molecule has 0 aromatic carbocycles. The van der Waals surface area contributed by atoms with E-state index >= 15 is 0 Å². The summed E-state index contributed by atoms with van der Waals surface area (Å²) in [5, 5.41) is 11.7. The quantitative estimate of drug-likeness (QED) is 0.760. The number of nitrogens with one attached hydrogen (secondary N) is 1. The van der Waals surface area contributed by atoms with Gasteiger partial charge in [-0.1, -0.05) is 12.8 Å². The zero-order chi connectivity index (χ0) is 11.7. The maximum Gasteiger partial charge on any atom is 0.307 e. The normalized spacial score (nSPS) is 31.1. The number of rotatable bonds is 4. The smallest absolute Gasteiger partial charge is 0.307 e. The van der Waals surface area contributed by atoms with Gasteiger partial charge in [0.05, 0.1) is 11.8 Å². The lowest BCUT2D eigenvalue weighted by Gasteiger charge is -2.20. The number of carbonyl (C=O) groups is 2. The van der Waals surface area contributed by atoms with Gasteiger partial charge in [0, 0.05) is 6.04 Å². The van der Waals surface area contributed by atoms with Gasteiger partial charge in [0.15, 0.2) is 0 Å². The third-order valence-electron chi connectivity index (χ3n) is 3.92. The van der Waals surface area contributed by atoms with Gasteiger partial charge in [0.1, 0.15) is 0 Å². The van der Waals surface area contributed by atoms with E-state index in [1.807, 2.05) is 6.92 Å². The fourth-order valence-electron chi connectivity index (χ4n) is 2.66. The molecule has 90 valence electrons. The molecule has 1 amide bonds. The van der Waals surface area contributed by atoms with E-state index in [0.717, 1.165) is 0 Å². The first-order chi connectivity index (χ1) is 7.59. The minimum atomic E-state index is -0.839. The Kier molecular flexibility index (Phi) is 3.17. The molecule has 2 N–H and O–H groups in total. The van der Waals surface area contributed by atoms with Crippen molar-refractivity contribution in [2.45, 2.75) is 45.1 Å². The Morgan fingerprint density at radius 2 is 1.88 bits per heavy atom. The number of hydrogen-bond acceptors (Lipinski definition) is 2. The predicted molar refractivity (Wildman–Crippen MR) is 58.8 cm³/mol. The fraction of sp³-hybridized carbons (Fsp3) is 0.833. The van der Waals surface area contributed by atoms with Gasteiger partial charge in [0.25, 0.3) is 0 Å². The summed E-state index contributed by atoms with van der Waals surface area (Å²) in [7, 11) is 0. The number of carboxylic acids is 1. The van der Waals surface area contributed by atoms with Crippen molar-refractivity contribution in [1.29, 1.82) is 0 Å². The van der Waals surface area contributed by atoms with Crippen molar-refractivity contribution in [3.63, 3.8) is 0 Å². The summed E-state index contributed by atoms with van der Waals surface area (Å²) in [4.78, 5) is 22.4. The Morgan fingerprint density at radius 3 is 2.38 bits per heavy atom. The minimum Gasteiger partial charge on any atom is -0.481 e. The summed E-state index contributed by atoms with van der Waals surface area (Å²) in [6.45, 7) is 2.03. The van der Waals surface area contributed by atoms with Crippen LogP contribution in [-0.2, 0) is 9.59 Å². The molecule has 4 nitrogen and oxygen atoms in total. The first-order valence-corrected chi connectivity index (χ1v) is 6.12. The van der Waals surface area contributed by atoms with Crippen LogP contribution < -0.4 is 5.32 Å². The lowest BCUT2D eigenvalue weighted by Crippen LogP contribution is -2.38. The van der Waals surface area contributed by atoms with Crippen LogP contribution in [0.25, 0.3) is 0 Å². The van der Waals surface area contributed by atoms with Gasteiger partial charge in [-0.15, -0.1) is 0 Å². The van der Waals surface area contributed by atoms with Crippen LogP contribution in [0.2, 0.25) is 0 Å². The molecule has 0 unspecified atom stereocenters. The fourth-order valence-corrected chi connectivity index (χ4v) is 2.66. The minimum absolute atomic E-state index is 0.0631. The molecule has 2 rings (SSSR count). The molecule has 0 saturated heterocycles. The van der Waals surface area contributed by atoms with E-state index in [1.54, 1.807) is 0 Å². The number of hydrogen-bond donors (Lipinski definition) is 2. The monoisotopic (exact) mass is 225 g/mol. The van der Waals surface area contributed by atoms with Crippen molar-refractivity contribution in [3.05, 3.63) is 0 Å². The number of amides is 1. The van der Waals surface area contributed by atoms with E-state index in [1.165, 1.54) is 25.7 Å². The highest BCUT2D eigenvalue weighted by Crippen LogP contribution is 2.39. The molecule has 0 aromatic heterocycles. The third kappa shape index (κ3) is 2.36. The topological polar surface area (TPSA) is 66.4 Å². The van der Waals surface area contributed by atoms with E-state index < -0.39 is 11.9 Å². The summed E-state index contributed by atoms with van der Waals surface area (Å²) >= 11 is 0. The summed E-state index contributed by atoms with van der Waals surface area (Å²) in [5.74, 6) is -1.02. The van der Waals surface area contributed by atoms with Gasteiger partial charge in [-0.2, -0.15) is 0 Å². The van der Waals surface area contributed by atoms with Gasteiger partial charge < -0.3 is 10.4 Å². The SMILES string of the molecule is C[C@H](NC(=O)[C@@H]1C[C@@H]1C(=O)O)C1CCCC1. The zero-order valence-electron chi connectivity index (χ0n) is 9.61. The summed E-state index contributed by atoms with van der Waals surface area (Å²) in [6, 6.07) is 0.199. The van der Waals surface area contributed by atoms with Crippen molar-refractivity contribution in [1.82, 2.24) is 5.32 Å². The van der Waals surface area contributed by atoms with Crippen LogP contribution in [0.4, 0.5) is 0 Å². The van der Waals surface area contributed by atoms with Crippen molar-refractivity contribution in [3.8, 4) is 0 Å². The van der Waals surface area contributed by atoms with Gasteiger partial charge in [-0.3, -0.25) is 9.59 Å². The highest BCUT2D eigenvalue weighted by Gasteiger charge is 2.48. The molecule has 0 bridgehead atoms. The highest BCUT2D eigenvalue weighted by atomic mass is 16.4. The molecule has 0 heterocycles. The average Bonchev–Trinajstić information content (AvgIpc) is 2.85. The molecule has 0 spiro atoms. The molecule has 2 saturated carbocycles. The van der Waals surface area contributed by atoms with Gasteiger partial charge in [-0.25, -0.2) is 0 Å². The van der Waals surface area contributed by atoms with Crippen LogP contribution in [0.5, 0.6) is 0 Å². The second-order valence-corrected chi connectivity index (χ2v) is 5.13.